The number of amides is 1. The normalized spacial score (nSPS) is 17.2. The summed E-state index contributed by atoms with van der Waals surface area (Å²) in [5, 5.41) is 3.88. The van der Waals surface area contributed by atoms with E-state index in [0.717, 1.165) is 16.8 Å². The Labute approximate surface area is 155 Å². The van der Waals surface area contributed by atoms with E-state index in [1.807, 2.05) is 32.0 Å². The smallest absolute Gasteiger partial charge is 0.264 e. The Morgan fingerprint density at radius 1 is 1.20 bits per heavy atom. The molecule has 1 heterocycles. The molecule has 3 rings (SSSR count). The molecule has 0 aliphatic carbocycles. The van der Waals surface area contributed by atoms with Crippen molar-refractivity contribution in [3.05, 3.63) is 63.0 Å². The van der Waals surface area contributed by atoms with Gasteiger partial charge in [0.05, 0.1) is 22.7 Å². The van der Waals surface area contributed by atoms with Crippen LogP contribution in [0, 0.1) is 13.8 Å². The highest BCUT2D eigenvalue weighted by Gasteiger charge is 2.24. The molecule has 0 unspecified atom stereocenters. The molecule has 1 aliphatic heterocycles. The molecule has 0 saturated carbocycles. The summed E-state index contributed by atoms with van der Waals surface area (Å²) in [6, 6.07) is 11.4. The molecule has 1 amide bonds. The Morgan fingerprint density at radius 2 is 2.00 bits per heavy atom. The van der Waals surface area contributed by atoms with E-state index >= 15 is 0 Å². The largest absolute Gasteiger partial charge is 0.495 e. The van der Waals surface area contributed by atoms with Crippen LogP contribution < -0.4 is 10.1 Å². The van der Waals surface area contributed by atoms with Crippen LogP contribution in [0.2, 0.25) is 5.02 Å². The molecule has 1 N–H and O–H groups in total. The molecule has 1 fully saturated rings. The number of nitrogens with zero attached hydrogens (tertiary/aromatic N) is 1. The van der Waals surface area contributed by atoms with Crippen molar-refractivity contribution in [2.45, 2.75) is 13.8 Å². The van der Waals surface area contributed by atoms with Crippen molar-refractivity contribution in [1.29, 1.82) is 0 Å². The number of rotatable bonds is 3. The van der Waals surface area contributed by atoms with Gasteiger partial charge in [-0.1, -0.05) is 35.4 Å². The molecular formula is C19H17ClN2O2S. The molecule has 0 radical (unpaired) electrons. The lowest BCUT2D eigenvalue weighted by Gasteiger charge is -2.03. The maximum atomic E-state index is 12.2. The Morgan fingerprint density at radius 3 is 2.68 bits per heavy atom. The van der Waals surface area contributed by atoms with Gasteiger partial charge in [-0.05, 0) is 61.0 Å². The van der Waals surface area contributed by atoms with Gasteiger partial charge < -0.3 is 10.1 Å². The zero-order chi connectivity index (χ0) is 18.0. The predicted octanol–water partition coefficient (Wildman–Crippen LogP) is 4.86. The minimum atomic E-state index is -0.166. The van der Waals surface area contributed by atoms with Gasteiger partial charge in [0.25, 0.3) is 5.91 Å². The van der Waals surface area contributed by atoms with Gasteiger partial charge in [0.15, 0.2) is 5.17 Å². The number of nitrogens with one attached hydrogen (secondary N) is 1. The number of methoxy groups -OCH3 is 1. The van der Waals surface area contributed by atoms with E-state index in [1.165, 1.54) is 17.3 Å². The van der Waals surface area contributed by atoms with E-state index in [-0.39, 0.29) is 5.91 Å². The molecule has 4 nitrogen and oxygen atoms in total. The summed E-state index contributed by atoms with van der Waals surface area (Å²) in [4.78, 5) is 17.3. The van der Waals surface area contributed by atoms with Crippen LogP contribution in [0.5, 0.6) is 5.75 Å². The second kappa shape index (κ2) is 7.33. The molecule has 0 bridgehead atoms. The molecule has 2 aromatic rings. The number of hydrogen-bond acceptors (Lipinski definition) is 4. The third-order valence-electron chi connectivity index (χ3n) is 3.70. The number of aryl methyl sites for hydroxylation is 2. The molecule has 0 aromatic heterocycles. The number of halogens is 1. The van der Waals surface area contributed by atoms with E-state index in [2.05, 4.69) is 16.4 Å². The van der Waals surface area contributed by atoms with Gasteiger partial charge in [0.2, 0.25) is 0 Å². The van der Waals surface area contributed by atoms with Gasteiger partial charge in [-0.3, -0.25) is 4.79 Å². The van der Waals surface area contributed by atoms with Crippen LogP contribution in [-0.2, 0) is 4.79 Å². The number of carbonyl (C=O) groups is 1. The highest BCUT2D eigenvalue weighted by Crippen LogP contribution is 2.31. The van der Waals surface area contributed by atoms with Crippen LogP contribution >= 0.6 is 23.4 Å². The first kappa shape index (κ1) is 17.6. The van der Waals surface area contributed by atoms with Crippen LogP contribution in [0.25, 0.3) is 6.08 Å². The first-order chi connectivity index (χ1) is 12.0. The minimum Gasteiger partial charge on any atom is -0.495 e. The summed E-state index contributed by atoms with van der Waals surface area (Å²) >= 11 is 7.45. The van der Waals surface area contributed by atoms with Gasteiger partial charge in [0, 0.05) is 0 Å². The number of amidine groups is 1. The van der Waals surface area contributed by atoms with E-state index in [4.69, 9.17) is 16.3 Å². The summed E-state index contributed by atoms with van der Waals surface area (Å²) in [6.07, 6.45) is 1.79. The van der Waals surface area contributed by atoms with Gasteiger partial charge in [-0.2, -0.15) is 0 Å². The first-order valence-electron chi connectivity index (χ1n) is 7.66. The number of carbonyl (C=O) groups excluding carboxylic acids is 1. The molecule has 2 aromatic carbocycles. The Bertz CT molecular complexity index is 906. The van der Waals surface area contributed by atoms with Gasteiger partial charge in [-0.15, -0.1) is 0 Å². The van der Waals surface area contributed by atoms with E-state index in [0.29, 0.717) is 20.8 Å². The molecule has 1 aliphatic rings. The minimum absolute atomic E-state index is 0.166. The summed E-state index contributed by atoms with van der Waals surface area (Å²) in [5.41, 5.74) is 3.93. The zero-order valence-corrected chi connectivity index (χ0v) is 15.7. The lowest BCUT2D eigenvalue weighted by atomic mass is 10.1. The number of hydrogen-bond donors (Lipinski definition) is 1. The van der Waals surface area contributed by atoms with Crippen LogP contribution in [0.4, 0.5) is 5.69 Å². The molecule has 0 spiro atoms. The van der Waals surface area contributed by atoms with Crippen molar-refractivity contribution in [2.24, 2.45) is 4.99 Å². The number of benzene rings is 2. The number of ether oxygens (including phenoxy) is 1. The zero-order valence-electron chi connectivity index (χ0n) is 14.1. The third kappa shape index (κ3) is 4.06. The average molecular weight is 373 g/mol. The maximum Gasteiger partial charge on any atom is 0.264 e. The predicted molar refractivity (Wildman–Crippen MR) is 105 cm³/mol. The lowest BCUT2D eigenvalue weighted by molar-refractivity contribution is -0.115. The molecule has 128 valence electrons. The van der Waals surface area contributed by atoms with Crippen molar-refractivity contribution in [1.82, 2.24) is 5.32 Å². The standard InChI is InChI=1S/C19H17ClN2O2S/c1-11-4-6-15(12(2)8-11)21-19-22-18(23)17(25-19)10-13-5-7-16(24-3)14(20)9-13/h4-10H,1-3H3,(H,21,22,23)/b17-10+. The third-order valence-corrected chi connectivity index (χ3v) is 4.90. The molecule has 6 heteroatoms. The van der Waals surface area contributed by atoms with Gasteiger partial charge >= 0.3 is 0 Å². The monoisotopic (exact) mass is 372 g/mol. The quantitative estimate of drug-likeness (QED) is 0.783. The summed E-state index contributed by atoms with van der Waals surface area (Å²) in [5.74, 6) is 0.435. The fourth-order valence-electron chi connectivity index (χ4n) is 2.44. The SMILES string of the molecule is COc1ccc(/C=C2/SC(=Nc3ccc(C)cc3C)NC2=O)cc1Cl. The van der Waals surface area contributed by atoms with Crippen molar-refractivity contribution < 1.29 is 9.53 Å². The highest BCUT2D eigenvalue weighted by atomic mass is 35.5. The van der Waals surface area contributed by atoms with Gasteiger partial charge in [-0.25, -0.2) is 4.99 Å². The highest BCUT2D eigenvalue weighted by molar-refractivity contribution is 8.18. The second-order valence-corrected chi connectivity index (χ2v) is 7.10. The first-order valence-corrected chi connectivity index (χ1v) is 8.86. The van der Waals surface area contributed by atoms with Crippen LogP contribution in [0.15, 0.2) is 46.3 Å². The van der Waals surface area contributed by atoms with Crippen LogP contribution in [-0.4, -0.2) is 18.2 Å². The summed E-state index contributed by atoms with van der Waals surface area (Å²) in [6.45, 7) is 4.04. The molecular weight excluding hydrogens is 356 g/mol. The number of thioether (sulfide) groups is 1. The van der Waals surface area contributed by atoms with E-state index in [9.17, 15) is 4.79 Å². The fraction of sp³-hybridized carbons (Fsp3) is 0.158. The van der Waals surface area contributed by atoms with Crippen molar-refractivity contribution in [3.63, 3.8) is 0 Å². The second-order valence-electron chi connectivity index (χ2n) is 5.67. The van der Waals surface area contributed by atoms with Gasteiger partial charge in [0.1, 0.15) is 5.75 Å². The average Bonchev–Trinajstić information content (AvgIpc) is 2.90. The fourth-order valence-corrected chi connectivity index (χ4v) is 3.55. The van der Waals surface area contributed by atoms with Crippen molar-refractivity contribution in [3.8, 4) is 5.75 Å². The molecule has 1 saturated heterocycles. The molecule has 25 heavy (non-hydrogen) atoms. The van der Waals surface area contributed by atoms with Crippen LogP contribution in [0.3, 0.4) is 0 Å². The Kier molecular flexibility index (Phi) is 5.16. The van der Waals surface area contributed by atoms with Crippen molar-refractivity contribution in [2.75, 3.05) is 7.11 Å². The van der Waals surface area contributed by atoms with Crippen LogP contribution in [0.1, 0.15) is 16.7 Å². The summed E-state index contributed by atoms with van der Waals surface area (Å²) < 4.78 is 5.14. The summed E-state index contributed by atoms with van der Waals surface area (Å²) in [7, 11) is 1.56. The molecule has 0 atom stereocenters. The Balaban J connectivity index is 1.84. The number of aliphatic imine (C=N–C) groups is 1. The van der Waals surface area contributed by atoms with E-state index < -0.39 is 0 Å². The van der Waals surface area contributed by atoms with E-state index in [1.54, 1.807) is 25.3 Å². The van der Waals surface area contributed by atoms with Crippen molar-refractivity contribution >= 4 is 46.2 Å². The maximum absolute atomic E-state index is 12.2. The lowest BCUT2D eigenvalue weighted by Crippen LogP contribution is -2.19. The topological polar surface area (TPSA) is 50.7 Å². The Hall–Kier alpha value is -2.24.